The third kappa shape index (κ3) is 5.67. The second-order valence-electron chi connectivity index (χ2n) is 10.1. The molecule has 1 aromatic heterocycles. The van der Waals surface area contributed by atoms with E-state index in [0.717, 1.165) is 55.2 Å². The van der Waals surface area contributed by atoms with Crippen molar-refractivity contribution in [3.63, 3.8) is 0 Å². The summed E-state index contributed by atoms with van der Waals surface area (Å²) in [6.07, 6.45) is 7.82. The van der Waals surface area contributed by atoms with E-state index >= 15 is 0 Å². The quantitative estimate of drug-likeness (QED) is 0.418. The largest absolute Gasteiger partial charge is 0.507 e. The summed E-state index contributed by atoms with van der Waals surface area (Å²) in [7, 11) is -3.56. The summed E-state index contributed by atoms with van der Waals surface area (Å²) in [4.78, 5) is 13.2. The zero-order valence-corrected chi connectivity index (χ0v) is 21.2. The van der Waals surface area contributed by atoms with Crippen LogP contribution >= 0.6 is 0 Å². The molecule has 0 amide bonds. The first-order valence-corrected chi connectivity index (χ1v) is 14.6. The second kappa shape index (κ2) is 10.5. The molecule has 2 aliphatic carbocycles. The fourth-order valence-electron chi connectivity index (χ4n) is 5.32. The lowest BCUT2D eigenvalue weighted by molar-refractivity contribution is 0.382. The number of nitrogens with one attached hydrogen (secondary N) is 1. The van der Waals surface area contributed by atoms with Gasteiger partial charge >= 0.3 is 5.63 Å². The van der Waals surface area contributed by atoms with Crippen LogP contribution in [-0.4, -0.2) is 19.3 Å². The molecule has 1 heterocycles. The summed E-state index contributed by atoms with van der Waals surface area (Å²) < 4.78 is 34.1. The topological polar surface area (TPSA) is 96.6 Å². The zero-order chi connectivity index (χ0) is 25.1. The fraction of sp³-hybridized carbons (Fsp3) is 0.414. The lowest BCUT2D eigenvalue weighted by atomic mass is 9.85. The molecule has 5 rings (SSSR count). The van der Waals surface area contributed by atoms with Crippen LogP contribution in [-0.2, 0) is 29.3 Å². The maximum absolute atomic E-state index is 13.2. The van der Waals surface area contributed by atoms with Crippen LogP contribution in [0, 0.1) is 5.92 Å². The predicted octanol–water partition coefficient (Wildman–Crippen LogP) is 5.53. The molecule has 2 N–H and O–H groups in total. The van der Waals surface area contributed by atoms with Gasteiger partial charge in [-0.3, -0.25) is 4.72 Å². The van der Waals surface area contributed by atoms with Crippen molar-refractivity contribution in [2.24, 2.45) is 5.92 Å². The van der Waals surface area contributed by atoms with E-state index in [1.807, 2.05) is 36.4 Å². The molecule has 0 radical (unpaired) electrons. The summed E-state index contributed by atoms with van der Waals surface area (Å²) in [6, 6.07) is 16.7. The minimum atomic E-state index is -3.56. The number of hydrogen-bond acceptors (Lipinski definition) is 5. The Balaban J connectivity index is 1.43. The SMILES string of the molecule is O=c1oc2c(c(O)c1C(c1cccc(NS(=O)(=O)CCc3ccccc3)c1)C1CC1)CCCCCC2. The molecule has 36 heavy (non-hydrogen) atoms. The molecule has 2 aliphatic rings. The molecule has 190 valence electrons. The van der Waals surface area contributed by atoms with E-state index in [1.54, 1.807) is 18.2 Å². The minimum absolute atomic E-state index is 0.0253. The monoisotopic (exact) mass is 507 g/mol. The van der Waals surface area contributed by atoms with Gasteiger partial charge in [-0.05, 0) is 67.7 Å². The Morgan fingerprint density at radius 2 is 1.72 bits per heavy atom. The van der Waals surface area contributed by atoms with Gasteiger partial charge in [0.1, 0.15) is 11.5 Å². The van der Waals surface area contributed by atoms with Crippen LogP contribution < -0.4 is 10.3 Å². The highest BCUT2D eigenvalue weighted by Gasteiger charge is 2.38. The van der Waals surface area contributed by atoms with Crippen molar-refractivity contribution >= 4 is 15.7 Å². The Hall–Kier alpha value is -3.06. The van der Waals surface area contributed by atoms with E-state index in [1.165, 1.54) is 0 Å². The minimum Gasteiger partial charge on any atom is -0.507 e. The van der Waals surface area contributed by atoms with Crippen LogP contribution in [0.1, 0.15) is 72.5 Å². The predicted molar refractivity (Wildman–Crippen MR) is 141 cm³/mol. The number of sulfonamides is 1. The smallest absolute Gasteiger partial charge is 0.343 e. The Bertz CT molecular complexity index is 1380. The Morgan fingerprint density at radius 1 is 0.972 bits per heavy atom. The molecule has 7 heteroatoms. The molecular formula is C29H33NO5S. The number of aromatic hydroxyl groups is 1. The number of benzene rings is 2. The van der Waals surface area contributed by atoms with Crippen molar-refractivity contribution in [3.05, 3.63) is 93.0 Å². The van der Waals surface area contributed by atoms with Crippen molar-refractivity contribution in [1.82, 2.24) is 0 Å². The summed E-state index contributed by atoms with van der Waals surface area (Å²) in [5.74, 6) is 0.563. The van der Waals surface area contributed by atoms with Crippen LogP contribution in [0.5, 0.6) is 5.75 Å². The molecular weight excluding hydrogens is 474 g/mol. The van der Waals surface area contributed by atoms with Crippen molar-refractivity contribution in [3.8, 4) is 5.75 Å². The zero-order valence-electron chi connectivity index (χ0n) is 20.4. The number of anilines is 1. The van der Waals surface area contributed by atoms with Gasteiger partial charge in [-0.25, -0.2) is 13.2 Å². The Kier molecular flexibility index (Phi) is 7.19. The lowest BCUT2D eigenvalue weighted by Crippen LogP contribution is -2.20. The van der Waals surface area contributed by atoms with Crippen LogP contribution in [0.4, 0.5) is 5.69 Å². The van der Waals surface area contributed by atoms with Gasteiger partial charge in [0.05, 0.1) is 11.3 Å². The van der Waals surface area contributed by atoms with E-state index in [2.05, 4.69) is 4.72 Å². The molecule has 1 fully saturated rings. The average molecular weight is 508 g/mol. The fourth-order valence-corrected chi connectivity index (χ4v) is 6.41. The Morgan fingerprint density at radius 3 is 2.47 bits per heavy atom. The third-order valence-electron chi connectivity index (χ3n) is 7.32. The standard InChI is InChI=1S/C29H33NO5S/c31-28-24-13-6-1-2-7-14-25(24)35-29(32)27(28)26(21-15-16-21)22-11-8-12-23(19-22)30-36(33,34)18-17-20-9-4-3-5-10-20/h3-5,8-12,19,21,26,30-31H,1-2,6-7,13-18H2. The normalized spacial score (nSPS) is 17.0. The molecule has 0 spiro atoms. The van der Waals surface area contributed by atoms with Crippen molar-refractivity contribution in [1.29, 1.82) is 0 Å². The van der Waals surface area contributed by atoms with Gasteiger partial charge in [0.2, 0.25) is 10.0 Å². The van der Waals surface area contributed by atoms with Gasteiger partial charge in [-0.1, -0.05) is 55.3 Å². The number of rotatable bonds is 8. The molecule has 0 saturated heterocycles. The molecule has 1 saturated carbocycles. The van der Waals surface area contributed by atoms with Gasteiger partial charge in [0.15, 0.2) is 0 Å². The highest BCUT2D eigenvalue weighted by Crippen LogP contribution is 2.49. The molecule has 1 unspecified atom stereocenters. The van der Waals surface area contributed by atoms with Gasteiger partial charge < -0.3 is 9.52 Å². The van der Waals surface area contributed by atoms with E-state index in [9.17, 15) is 18.3 Å². The first-order valence-electron chi connectivity index (χ1n) is 12.9. The van der Waals surface area contributed by atoms with E-state index in [0.29, 0.717) is 36.3 Å². The number of hydrogen-bond donors (Lipinski definition) is 2. The van der Waals surface area contributed by atoms with Crippen LogP contribution in [0.2, 0.25) is 0 Å². The summed E-state index contributed by atoms with van der Waals surface area (Å²) in [6.45, 7) is 0. The lowest BCUT2D eigenvalue weighted by Gasteiger charge is -2.22. The maximum atomic E-state index is 13.2. The number of fused-ring (bicyclic) bond motifs is 1. The summed E-state index contributed by atoms with van der Waals surface area (Å²) >= 11 is 0. The first kappa shape index (κ1) is 24.6. The maximum Gasteiger partial charge on any atom is 0.343 e. The molecule has 6 nitrogen and oxygen atoms in total. The van der Waals surface area contributed by atoms with Crippen LogP contribution in [0.3, 0.4) is 0 Å². The second-order valence-corrected chi connectivity index (χ2v) is 11.9. The van der Waals surface area contributed by atoms with E-state index < -0.39 is 15.6 Å². The highest BCUT2D eigenvalue weighted by atomic mass is 32.2. The number of aryl methyl sites for hydroxylation is 2. The average Bonchev–Trinajstić information content (AvgIpc) is 3.67. The third-order valence-corrected chi connectivity index (χ3v) is 8.61. The van der Waals surface area contributed by atoms with Gasteiger partial charge in [0.25, 0.3) is 0 Å². The molecule has 0 bridgehead atoms. The van der Waals surface area contributed by atoms with Gasteiger partial charge in [0, 0.05) is 23.6 Å². The Labute approximate surface area is 212 Å². The van der Waals surface area contributed by atoms with Crippen molar-refractivity contribution < 1.29 is 17.9 Å². The van der Waals surface area contributed by atoms with Crippen LogP contribution in [0.25, 0.3) is 0 Å². The van der Waals surface area contributed by atoms with Crippen molar-refractivity contribution in [2.75, 3.05) is 10.5 Å². The summed E-state index contributed by atoms with van der Waals surface area (Å²) in [5, 5.41) is 11.3. The molecule has 0 aliphatic heterocycles. The van der Waals surface area contributed by atoms with Crippen molar-refractivity contribution in [2.45, 2.75) is 63.7 Å². The molecule has 1 atom stereocenters. The van der Waals surface area contributed by atoms with Crippen LogP contribution in [0.15, 0.2) is 63.8 Å². The molecule has 2 aromatic carbocycles. The van der Waals surface area contributed by atoms with E-state index in [4.69, 9.17) is 4.42 Å². The van der Waals surface area contributed by atoms with Gasteiger partial charge in [-0.2, -0.15) is 0 Å². The van der Waals surface area contributed by atoms with Gasteiger partial charge in [-0.15, -0.1) is 0 Å². The van der Waals surface area contributed by atoms with E-state index in [-0.39, 0.29) is 23.3 Å². The highest BCUT2D eigenvalue weighted by molar-refractivity contribution is 7.92. The molecule has 3 aromatic rings. The first-order chi connectivity index (χ1) is 17.4. The summed E-state index contributed by atoms with van der Waals surface area (Å²) in [5.41, 5.74) is 2.85.